The molecule has 0 spiro atoms. The minimum Gasteiger partial charge on any atom is -0.484 e. The van der Waals surface area contributed by atoms with Crippen LogP contribution >= 0.6 is 0 Å². The predicted octanol–water partition coefficient (Wildman–Crippen LogP) is 4.57. The quantitative estimate of drug-likeness (QED) is 0.525. The number of nitrogens with one attached hydrogen (secondary N) is 1. The van der Waals surface area contributed by atoms with E-state index in [9.17, 15) is 4.79 Å². The number of hydrogen-bond acceptors (Lipinski definition) is 4. The number of amides is 1. The van der Waals surface area contributed by atoms with Crippen molar-refractivity contribution in [3.63, 3.8) is 0 Å². The maximum atomic E-state index is 12.5. The number of anilines is 1. The number of carbonyl (C=O) groups excluding carboxylic acids is 1. The molecule has 2 heterocycles. The smallest absolute Gasteiger partial charge is 0.263 e. The van der Waals surface area contributed by atoms with Crippen molar-refractivity contribution in [1.29, 1.82) is 0 Å². The van der Waals surface area contributed by atoms with Gasteiger partial charge in [0.05, 0.1) is 10.9 Å². The summed E-state index contributed by atoms with van der Waals surface area (Å²) in [7, 11) is 0. The monoisotopic (exact) mass is 388 g/mol. The van der Waals surface area contributed by atoms with Gasteiger partial charge in [-0.3, -0.25) is 4.79 Å². The molecule has 148 valence electrons. The number of pyridine rings is 1. The Kier molecular flexibility index (Phi) is 5.16. The van der Waals surface area contributed by atoms with E-state index in [0.29, 0.717) is 17.5 Å². The zero-order valence-corrected chi connectivity index (χ0v) is 16.8. The second kappa shape index (κ2) is 7.91. The van der Waals surface area contributed by atoms with E-state index in [4.69, 9.17) is 9.72 Å². The molecule has 0 aliphatic carbocycles. The van der Waals surface area contributed by atoms with E-state index < -0.39 is 0 Å². The Bertz CT molecular complexity index is 1170. The predicted molar refractivity (Wildman–Crippen MR) is 115 cm³/mol. The lowest BCUT2D eigenvalue weighted by atomic mass is 10.1. The fourth-order valence-corrected chi connectivity index (χ4v) is 3.26. The number of para-hydroxylation sites is 1. The summed E-state index contributed by atoms with van der Waals surface area (Å²) >= 11 is 0. The van der Waals surface area contributed by atoms with Crippen molar-refractivity contribution in [2.45, 2.75) is 27.3 Å². The molecule has 0 radical (unpaired) electrons. The second-order valence-corrected chi connectivity index (χ2v) is 7.63. The van der Waals surface area contributed by atoms with Crippen molar-refractivity contribution in [2.24, 2.45) is 5.92 Å². The van der Waals surface area contributed by atoms with Crippen LogP contribution in [0.3, 0.4) is 0 Å². The number of carbonyl (C=O) groups is 1. The van der Waals surface area contributed by atoms with Crippen molar-refractivity contribution >= 4 is 33.7 Å². The summed E-state index contributed by atoms with van der Waals surface area (Å²) in [4.78, 5) is 17.3. The number of rotatable bonds is 6. The molecule has 2 aromatic carbocycles. The average Bonchev–Trinajstić information content (AvgIpc) is 3.01. The van der Waals surface area contributed by atoms with E-state index >= 15 is 0 Å². The van der Waals surface area contributed by atoms with Crippen LogP contribution in [0.2, 0.25) is 0 Å². The first-order chi connectivity index (χ1) is 14.0. The number of aromatic nitrogens is 3. The Morgan fingerprint density at radius 2 is 1.93 bits per heavy atom. The molecule has 0 bridgehead atoms. The van der Waals surface area contributed by atoms with Gasteiger partial charge in [0, 0.05) is 11.9 Å². The SMILES string of the molecule is Cc1ccc2cc3c(NC(=O)COc4ccccc4)nn(CC(C)C)c3nc2c1. The van der Waals surface area contributed by atoms with Crippen molar-refractivity contribution in [3.05, 3.63) is 60.2 Å². The van der Waals surface area contributed by atoms with E-state index in [1.807, 2.05) is 47.1 Å². The van der Waals surface area contributed by atoms with E-state index in [2.05, 4.69) is 43.3 Å². The van der Waals surface area contributed by atoms with Gasteiger partial charge in [0.15, 0.2) is 18.1 Å². The van der Waals surface area contributed by atoms with Crippen molar-refractivity contribution < 1.29 is 9.53 Å². The van der Waals surface area contributed by atoms with Gasteiger partial charge in [-0.05, 0) is 42.7 Å². The number of aryl methyl sites for hydroxylation is 1. The number of ether oxygens (including phenoxy) is 1. The fourth-order valence-electron chi connectivity index (χ4n) is 3.26. The number of fused-ring (bicyclic) bond motifs is 2. The van der Waals surface area contributed by atoms with Crippen molar-refractivity contribution in [3.8, 4) is 5.75 Å². The Hall–Kier alpha value is -3.41. The molecule has 4 rings (SSSR count). The zero-order valence-electron chi connectivity index (χ0n) is 16.8. The van der Waals surface area contributed by atoms with Gasteiger partial charge in [0.2, 0.25) is 0 Å². The van der Waals surface area contributed by atoms with E-state index in [1.165, 1.54) is 0 Å². The molecule has 0 fully saturated rings. The van der Waals surface area contributed by atoms with Crippen LogP contribution in [0.4, 0.5) is 5.82 Å². The van der Waals surface area contributed by atoms with Gasteiger partial charge in [-0.2, -0.15) is 5.10 Å². The lowest BCUT2D eigenvalue weighted by Crippen LogP contribution is -2.20. The summed E-state index contributed by atoms with van der Waals surface area (Å²) in [6, 6.07) is 17.5. The number of hydrogen-bond donors (Lipinski definition) is 1. The van der Waals surface area contributed by atoms with Gasteiger partial charge in [0.1, 0.15) is 5.75 Å². The van der Waals surface area contributed by atoms with Gasteiger partial charge in [-0.1, -0.05) is 44.2 Å². The van der Waals surface area contributed by atoms with Crippen LogP contribution in [-0.2, 0) is 11.3 Å². The molecular weight excluding hydrogens is 364 g/mol. The summed E-state index contributed by atoms with van der Waals surface area (Å²) in [6.45, 7) is 6.95. The Balaban J connectivity index is 1.65. The molecule has 4 aromatic rings. The molecule has 0 unspecified atom stereocenters. The second-order valence-electron chi connectivity index (χ2n) is 7.63. The van der Waals surface area contributed by atoms with Crippen LogP contribution in [0.1, 0.15) is 19.4 Å². The lowest BCUT2D eigenvalue weighted by Gasteiger charge is -2.06. The molecule has 29 heavy (non-hydrogen) atoms. The first-order valence-corrected chi connectivity index (χ1v) is 9.75. The molecule has 0 aliphatic rings. The van der Waals surface area contributed by atoms with E-state index in [1.54, 1.807) is 0 Å². The Morgan fingerprint density at radius 1 is 1.14 bits per heavy atom. The molecule has 2 aromatic heterocycles. The fraction of sp³-hybridized carbons (Fsp3) is 0.261. The molecule has 0 saturated carbocycles. The molecular formula is C23H24N4O2. The highest BCUT2D eigenvalue weighted by atomic mass is 16.5. The van der Waals surface area contributed by atoms with Crippen LogP contribution in [0.15, 0.2) is 54.6 Å². The summed E-state index contributed by atoms with van der Waals surface area (Å²) < 4.78 is 7.42. The summed E-state index contributed by atoms with van der Waals surface area (Å²) in [5.41, 5.74) is 2.86. The van der Waals surface area contributed by atoms with Crippen molar-refractivity contribution in [2.75, 3.05) is 11.9 Å². The van der Waals surface area contributed by atoms with Gasteiger partial charge >= 0.3 is 0 Å². The van der Waals surface area contributed by atoms with Gasteiger partial charge in [0.25, 0.3) is 5.91 Å². The normalized spacial score (nSPS) is 11.3. The lowest BCUT2D eigenvalue weighted by molar-refractivity contribution is -0.118. The first-order valence-electron chi connectivity index (χ1n) is 9.75. The standard InChI is InChI=1S/C23H24N4O2/c1-15(2)13-27-23-19(12-17-10-9-16(3)11-20(17)24-23)22(26-27)25-21(28)14-29-18-7-5-4-6-8-18/h4-12,15H,13-14H2,1-3H3,(H,25,26,28). The third-order valence-corrected chi connectivity index (χ3v) is 4.58. The maximum Gasteiger partial charge on any atom is 0.263 e. The minimum absolute atomic E-state index is 0.0806. The van der Waals surface area contributed by atoms with Crippen LogP contribution in [0, 0.1) is 12.8 Å². The van der Waals surface area contributed by atoms with Gasteiger partial charge in [-0.25, -0.2) is 9.67 Å². The topological polar surface area (TPSA) is 69.0 Å². The molecule has 6 nitrogen and oxygen atoms in total. The van der Waals surface area contributed by atoms with Gasteiger partial charge < -0.3 is 10.1 Å². The Morgan fingerprint density at radius 3 is 2.69 bits per heavy atom. The van der Waals surface area contributed by atoms with Crippen LogP contribution in [-0.4, -0.2) is 27.3 Å². The molecule has 0 saturated heterocycles. The van der Waals surface area contributed by atoms with Crippen molar-refractivity contribution in [1.82, 2.24) is 14.8 Å². The van der Waals surface area contributed by atoms with Gasteiger partial charge in [-0.15, -0.1) is 0 Å². The zero-order chi connectivity index (χ0) is 20.4. The summed E-state index contributed by atoms with van der Waals surface area (Å²) in [5.74, 6) is 1.31. The third kappa shape index (κ3) is 4.21. The molecule has 1 amide bonds. The summed E-state index contributed by atoms with van der Waals surface area (Å²) in [5, 5.41) is 9.37. The molecule has 0 aliphatic heterocycles. The minimum atomic E-state index is -0.256. The highest BCUT2D eigenvalue weighted by molar-refractivity contribution is 6.03. The highest BCUT2D eigenvalue weighted by Crippen LogP contribution is 2.27. The van der Waals surface area contributed by atoms with Crippen LogP contribution in [0.5, 0.6) is 5.75 Å². The van der Waals surface area contributed by atoms with Crippen LogP contribution < -0.4 is 10.1 Å². The molecule has 6 heteroatoms. The number of nitrogens with zero attached hydrogens (tertiary/aromatic N) is 3. The van der Waals surface area contributed by atoms with E-state index in [-0.39, 0.29) is 12.5 Å². The third-order valence-electron chi connectivity index (χ3n) is 4.58. The molecule has 1 N–H and O–H groups in total. The maximum absolute atomic E-state index is 12.5. The number of benzene rings is 2. The van der Waals surface area contributed by atoms with E-state index in [0.717, 1.165) is 34.0 Å². The largest absolute Gasteiger partial charge is 0.484 e. The first kappa shape index (κ1) is 18.9. The van der Waals surface area contributed by atoms with Crippen LogP contribution in [0.25, 0.3) is 21.9 Å². The Labute approximate surface area is 169 Å². The molecule has 0 atom stereocenters. The summed E-state index contributed by atoms with van der Waals surface area (Å²) in [6.07, 6.45) is 0. The highest BCUT2D eigenvalue weighted by Gasteiger charge is 2.16. The average molecular weight is 388 g/mol.